The monoisotopic (exact) mass is 359 g/mol. The van der Waals surface area contributed by atoms with Crippen molar-refractivity contribution in [3.05, 3.63) is 59.7 Å². The fourth-order valence-corrected chi connectivity index (χ4v) is 2.56. The van der Waals surface area contributed by atoms with E-state index in [1.165, 1.54) is 4.68 Å². The van der Waals surface area contributed by atoms with Crippen molar-refractivity contribution in [2.24, 2.45) is 7.05 Å². The van der Waals surface area contributed by atoms with Gasteiger partial charge in [0.1, 0.15) is 5.69 Å². The number of nitrogens with one attached hydrogen (secondary N) is 1. The lowest BCUT2D eigenvalue weighted by molar-refractivity contribution is 0.0941. The van der Waals surface area contributed by atoms with Gasteiger partial charge in [0.2, 0.25) is 0 Å². The molecule has 0 unspecified atom stereocenters. The standard InChI is InChI=1S/C20H26FN3O2/c1-4-6-7-8-12-26-18-11-9-10-15(19(18)21)14-22-20(25)17-13-16(5-2)23-24(17)3/h4,9-11,13H,1,5-8,12,14H2,2-3H3,(H,22,25). The zero-order valence-electron chi connectivity index (χ0n) is 15.4. The normalized spacial score (nSPS) is 10.6. The lowest BCUT2D eigenvalue weighted by Crippen LogP contribution is -2.25. The molecule has 1 N–H and O–H groups in total. The Bertz CT molecular complexity index is 756. The second kappa shape index (κ2) is 9.75. The van der Waals surface area contributed by atoms with Gasteiger partial charge in [-0.1, -0.05) is 25.1 Å². The third-order valence-electron chi connectivity index (χ3n) is 4.07. The molecule has 1 aromatic carbocycles. The van der Waals surface area contributed by atoms with Gasteiger partial charge < -0.3 is 10.1 Å². The molecule has 0 aliphatic heterocycles. The molecule has 2 aromatic rings. The molecular weight excluding hydrogens is 333 g/mol. The van der Waals surface area contributed by atoms with E-state index in [1.54, 1.807) is 31.3 Å². The van der Waals surface area contributed by atoms with Crippen molar-refractivity contribution in [2.45, 2.75) is 39.2 Å². The smallest absolute Gasteiger partial charge is 0.269 e. The second-order valence-electron chi connectivity index (χ2n) is 6.04. The van der Waals surface area contributed by atoms with Crippen LogP contribution in [0.2, 0.25) is 0 Å². The van der Waals surface area contributed by atoms with Crippen molar-refractivity contribution in [2.75, 3.05) is 6.61 Å². The third-order valence-corrected chi connectivity index (χ3v) is 4.07. The topological polar surface area (TPSA) is 56.1 Å². The number of benzene rings is 1. The van der Waals surface area contributed by atoms with Gasteiger partial charge >= 0.3 is 0 Å². The summed E-state index contributed by atoms with van der Waals surface area (Å²) in [7, 11) is 1.72. The first-order valence-corrected chi connectivity index (χ1v) is 8.89. The van der Waals surface area contributed by atoms with Crippen LogP contribution >= 0.6 is 0 Å². The molecule has 26 heavy (non-hydrogen) atoms. The summed E-state index contributed by atoms with van der Waals surface area (Å²) in [4.78, 5) is 12.3. The molecule has 0 radical (unpaired) electrons. The molecule has 6 heteroatoms. The predicted octanol–water partition coefficient (Wildman–Crippen LogP) is 3.79. The Morgan fingerprint density at radius 3 is 2.92 bits per heavy atom. The van der Waals surface area contributed by atoms with E-state index in [9.17, 15) is 9.18 Å². The molecule has 0 spiro atoms. The van der Waals surface area contributed by atoms with E-state index in [-0.39, 0.29) is 18.2 Å². The van der Waals surface area contributed by atoms with Gasteiger partial charge in [0.05, 0.1) is 12.3 Å². The highest BCUT2D eigenvalue weighted by Gasteiger charge is 2.14. The van der Waals surface area contributed by atoms with Crippen molar-refractivity contribution >= 4 is 5.91 Å². The highest BCUT2D eigenvalue weighted by atomic mass is 19.1. The van der Waals surface area contributed by atoms with E-state index in [4.69, 9.17) is 4.74 Å². The second-order valence-corrected chi connectivity index (χ2v) is 6.04. The summed E-state index contributed by atoms with van der Waals surface area (Å²) < 4.78 is 21.6. The van der Waals surface area contributed by atoms with Crippen molar-refractivity contribution in [3.63, 3.8) is 0 Å². The minimum Gasteiger partial charge on any atom is -0.491 e. The number of halogens is 1. The Labute approximate surface area is 153 Å². The van der Waals surface area contributed by atoms with Crippen LogP contribution in [0.1, 0.15) is 47.9 Å². The van der Waals surface area contributed by atoms with Gasteiger partial charge in [-0.2, -0.15) is 5.10 Å². The van der Waals surface area contributed by atoms with E-state index in [0.717, 1.165) is 31.4 Å². The number of rotatable bonds is 10. The van der Waals surface area contributed by atoms with Crippen LogP contribution in [0.4, 0.5) is 4.39 Å². The van der Waals surface area contributed by atoms with Crippen LogP contribution in [0.5, 0.6) is 5.75 Å². The largest absolute Gasteiger partial charge is 0.491 e. The first kappa shape index (κ1) is 19.7. The molecule has 2 rings (SSSR count). The van der Waals surface area contributed by atoms with Gasteiger partial charge in [-0.05, 0) is 37.8 Å². The summed E-state index contributed by atoms with van der Waals surface area (Å²) in [6.45, 7) is 6.19. The molecule has 0 fully saturated rings. The first-order valence-electron chi connectivity index (χ1n) is 8.89. The highest BCUT2D eigenvalue weighted by molar-refractivity contribution is 5.92. The molecule has 1 amide bonds. The highest BCUT2D eigenvalue weighted by Crippen LogP contribution is 2.21. The van der Waals surface area contributed by atoms with E-state index in [2.05, 4.69) is 17.0 Å². The summed E-state index contributed by atoms with van der Waals surface area (Å²) in [5, 5.41) is 6.99. The number of allylic oxidation sites excluding steroid dienone is 1. The van der Waals surface area contributed by atoms with Crippen molar-refractivity contribution in [1.82, 2.24) is 15.1 Å². The molecule has 0 atom stereocenters. The van der Waals surface area contributed by atoms with Crippen LogP contribution in [0.3, 0.4) is 0 Å². The van der Waals surface area contributed by atoms with E-state index in [1.807, 2.05) is 13.0 Å². The molecule has 1 heterocycles. The van der Waals surface area contributed by atoms with Crippen LogP contribution in [0.25, 0.3) is 0 Å². The lowest BCUT2D eigenvalue weighted by atomic mass is 10.2. The van der Waals surface area contributed by atoms with Crippen LogP contribution in [0, 0.1) is 5.82 Å². The number of nitrogens with zero attached hydrogens (tertiary/aromatic N) is 2. The molecule has 0 aliphatic carbocycles. The summed E-state index contributed by atoms with van der Waals surface area (Å²) in [5.74, 6) is -0.505. The van der Waals surface area contributed by atoms with Crippen LogP contribution in [0.15, 0.2) is 36.9 Å². The Hall–Kier alpha value is -2.63. The van der Waals surface area contributed by atoms with Gasteiger partial charge in [0.15, 0.2) is 11.6 Å². The zero-order valence-corrected chi connectivity index (χ0v) is 15.4. The van der Waals surface area contributed by atoms with Crippen molar-refractivity contribution in [3.8, 4) is 5.75 Å². The molecule has 5 nitrogen and oxygen atoms in total. The summed E-state index contributed by atoms with van der Waals surface area (Å²) in [5.41, 5.74) is 1.69. The number of carbonyl (C=O) groups is 1. The van der Waals surface area contributed by atoms with E-state index in [0.29, 0.717) is 17.9 Å². The molecular formula is C20H26FN3O2. The summed E-state index contributed by atoms with van der Waals surface area (Å²) >= 11 is 0. The molecule has 0 saturated carbocycles. The third kappa shape index (κ3) is 5.18. The van der Waals surface area contributed by atoms with E-state index < -0.39 is 5.82 Å². The quantitative estimate of drug-likeness (QED) is 0.519. The fourth-order valence-electron chi connectivity index (χ4n) is 2.56. The number of hydrogen-bond donors (Lipinski definition) is 1. The number of hydrogen-bond acceptors (Lipinski definition) is 3. The number of aryl methyl sites for hydroxylation is 2. The maximum Gasteiger partial charge on any atom is 0.269 e. The Morgan fingerprint density at radius 2 is 2.23 bits per heavy atom. The Morgan fingerprint density at radius 1 is 1.42 bits per heavy atom. The average molecular weight is 359 g/mol. The SMILES string of the molecule is C=CCCCCOc1cccc(CNC(=O)c2cc(CC)nn2C)c1F. The molecule has 140 valence electrons. The number of amides is 1. The minimum atomic E-state index is -0.434. The zero-order chi connectivity index (χ0) is 18.9. The number of ether oxygens (including phenoxy) is 1. The van der Waals surface area contributed by atoms with Crippen molar-refractivity contribution in [1.29, 1.82) is 0 Å². The van der Waals surface area contributed by atoms with Gasteiger partial charge in [-0.15, -0.1) is 6.58 Å². The Kier molecular flexibility index (Phi) is 7.38. The predicted molar refractivity (Wildman–Crippen MR) is 99.7 cm³/mol. The maximum atomic E-state index is 14.5. The first-order chi connectivity index (χ1) is 12.6. The number of unbranched alkanes of at least 4 members (excludes halogenated alkanes) is 2. The van der Waals surface area contributed by atoms with Gasteiger partial charge in [0.25, 0.3) is 5.91 Å². The molecule has 0 aliphatic rings. The van der Waals surface area contributed by atoms with Crippen molar-refractivity contribution < 1.29 is 13.9 Å². The van der Waals surface area contributed by atoms with Gasteiger partial charge in [-0.25, -0.2) is 4.39 Å². The number of aromatic nitrogens is 2. The molecule has 0 saturated heterocycles. The Balaban J connectivity index is 1.94. The maximum absolute atomic E-state index is 14.5. The van der Waals surface area contributed by atoms with E-state index >= 15 is 0 Å². The minimum absolute atomic E-state index is 0.0883. The van der Waals surface area contributed by atoms with Gasteiger partial charge in [0, 0.05) is 19.2 Å². The fraction of sp³-hybridized carbons (Fsp3) is 0.400. The van der Waals surface area contributed by atoms with Crippen LogP contribution < -0.4 is 10.1 Å². The van der Waals surface area contributed by atoms with Gasteiger partial charge in [-0.3, -0.25) is 9.48 Å². The average Bonchev–Trinajstić information content (AvgIpc) is 3.02. The van der Waals surface area contributed by atoms with Crippen LogP contribution in [-0.4, -0.2) is 22.3 Å². The lowest BCUT2D eigenvalue weighted by Gasteiger charge is -2.11. The summed E-state index contributed by atoms with van der Waals surface area (Å²) in [6.07, 6.45) is 5.33. The molecule has 0 bridgehead atoms. The summed E-state index contributed by atoms with van der Waals surface area (Å²) in [6, 6.07) is 6.71. The molecule has 1 aromatic heterocycles. The van der Waals surface area contributed by atoms with Crippen LogP contribution in [-0.2, 0) is 20.0 Å². The number of carbonyl (C=O) groups excluding carboxylic acids is 1.